The number of anilines is 2. The third kappa shape index (κ3) is 8.97. The molecule has 1 aliphatic rings. The Bertz CT molecular complexity index is 1760. The Morgan fingerprint density at radius 1 is 0.851 bits per heavy atom. The summed E-state index contributed by atoms with van der Waals surface area (Å²) < 4.78 is 46.1. The first-order chi connectivity index (χ1) is 22.2. The number of hydrogen-bond acceptors (Lipinski definition) is 7. The molecule has 0 bridgehead atoms. The van der Waals surface area contributed by atoms with Gasteiger partial charge in [-0.1, -0.05) is 0 Å². The number of aromatic nitrogens is 1. The smallest absolute Gasteiger partial charge is 1.00 e. The van der Waals surface area contributed by atoms with Gasteiger partial charge in [0.15, 0.2) is 23.1 Å². The van der Waals surface area contributed by atoms with Gasteiger partial charge >= 0.3 is 35.5 Å². The Morgan fingerprint density at radius 3 is 2.19 bits per heavy atom. The van der Waals surface area contributed by atoms with Gasteiger partial charge in [0.1, 0.15) is 17.0 Å². The Hall–Kier alpha value is -4.26. The minimum atomic E-state index is -1.29. The van der Waals surface area contributed by atoms with Crippen LogP contribution in [0.2, 0.25) is 0 Å². The third-order valence-electron chi connectivity index (χ3n) is 7.49. The van der Waals surface area contributed by atoms with Crippen molar-refractivity contribution in [3.8, 4) is 23.0 Å². The minimum absolute atomic E-state index is 0. The number of rotatable bonds is 15. The van der Waals surface area contributed by atoms with Crippen molar-refractivity contribution in [2.45, 2.75) is 45.4 Å². The molecule has 10 nitrogen and oxygen atoms in total. The van der Waals surface area contributed by atoms with E-state index in [1.165, 1.54) is 42.6 Å². The van der Waals surface area contributed by atoms with Crippen LogP contribution in [-0.4, -0.2) is 41.1 Å². The van der Waals surface area contributed by atoms with Gasteiger partial charge in [-0.15, -0.1) is 0 Å². The summed E-state index contributed by atoms with van der Waals surface area (Å²) in [6.45, 7) is 2.57. The zero-order chi connectivity index (χ0) is 32.7. The molecule has 0 atom stereocenters. The number of nitrogens with zero attached hydrogens (tertiary/aromatic N) is 1. The summed E-state index contributed by atoms with van der Waals surface area (Å²) >= 11 is 0. The number of unbranched alkanes of at least 4 members (excludes halogenated alkanes) is 2. The van der Waals surface area contributed by atoms with E-state index in [2.05, 4.69) is 15.6 Å². The van der Waals surface area contributed by atoms with Crippen LogP contribution in [0.15, 0.2) is 66.9 Å². The number of fused-ring (bicyclic) bond motifs is 1. The molecule has 1 saturated carbocycles. The Morgan fingerprint density at radius 2 is 1.53 bits per heavy atom. The van der Waals surface area contributed by atoms with Crippen molar-refractivity contribution in [2.24, 2.45) is 5.41 Å². The summed E-state index contributed by atoms with van der Waals surface area (Å²) in [5.41, 5.74) is -0.251. The number of carbonyl (C=O) groups excluding carboxylic acids is 2. The van der Waals surface area contributed by atoms with Crippen LogP contribution < -0.4 is 54.4 Å². The van der Waals surface area contributed by atoms with Crippen molar-refractivity contribution in [3.63, 3.8) is 0 Å². The largest absolute Gasteiger partial charge is 1.00 e. The molecule has 3 aromatic carbocycles. The normalized spacial score (nSPS) is 12.8. The fourth-order valence-corrected chi connectivity index (χ4v) is 4.83. The second-order valence-corrected chi connectivity index (χ2v) is 10.9. The molecule has 2 amide bonds. The predicted molar refractivity (Wildman–Crippen MR) is 167 cm³/mol. The van der Waals surface area contributed by atoms with Crippen LogP contribution >= 0.6 is 0 Å². The van der Waals surface area contributed by atoms with Crippen LogP contribution in [0.25, 0.3) is 10.9 Å². The number of pyridine rings is 1. The van der Waals surface area contributed by atoms with Crippen LogP contribution in [0.3, 0.4) is 0 Å². The van der Waals surface area contributed by atoms with E-state index in [-0.39, 0.29) is 48.8 Å². The summed E-state index contributed by atoms with van der Waals surface area (Å²) in [5.74, 6) is -1.95. The topological polar surface area (TPSA) is 136 Å². The first kappa shape index (κ1) is 35.6. The standard InChI is InChI=1S/C34H33F2N3O7.Na.H/c1-2-44-29-19-24-26(20-30(29)45-17-5-3-4-6-31(40)41)37-16-13-27(24)46-28-12-11-23(18-25(28)36)39-33(43)34(14-15-34)32(42)38-22-9-7-21(35)8-10-22;;/h7-13,16,18-20H,2-6,14-15,17H2,1H3,(H,38,42)(H,39,43)(H,40,41);;/q;+1;-1. The summed E-state index contributed by atoms with van der Waals surface area (Å²) in [7, 11) is 0. The predicted octanol–water partition coefficient (Wildman–Crippen LogP) is 4.20. The maximum atomic E-state index is 15.2. The fourth-order valence-electron chi connectivity index (χ4n) is 4.83. The Balaban J connectivity index is 0.00000312. The molecule has 5 rings (SSSR count). The summed E-state index contributed by atoms with van der Waals surface area (Å²) in [6, 6.07) is 14.2. The van der Waals surface area contributed by atoms with Gasteiger partial charge < -0.3 is 31.4 Å². The molecular formula is C34H34F2N3NaO7. The molecule has 4 aromatic rings. The third-order valence-corrected chi connectivity index (χ3v) is 7.49. The molecule has 47 heavy (non-hydrogen) atoms. The molecule has 3 N–H and O–H groups in total. The van der Waals surface area contributed by atoms with Crippen molar-refractivity contribution in [1.82, 2.24) is 4.98 Å². The SMILES string of the molecule is CCOc1cc2c(Oc3ccc(NC(=O)C4(C(=O)Nc5ccc(F)cc5)CC4)cc3F)ccnc2cc1OCCCCCC(=O)O.[H-].[Na+]. The number of amides is 2. The number of halogens is 2. The molecule has 0 spiro atoms. The average Bonchev–Trinajstić information content (AvgIpc) is 3.84. The van der Waals surface area contributed by atoms with Crippen LogP contribution in [0.1, 0.15) is 46.9 Å². The van der Waals surface area contributed by atoms with Crippen molar-refractivity contribution in [1.29, 1.82) is 0 Å². The quantitative estimate of drug-likeness (QED) is 0.0984. The van der Waals surface area contributed by atoms with Crippen LogP contribution in [0, 0.1) is 17.0 Å². The van der Waals surface area contributed by atoms with E-state index in [4.69, 9.17) is 19.3 Å². The molecule has 242 valence electrons. The molecule has 0 aliphatic heterocycles. The molecule has 1 fully saturated rings. The van der Waals surface area contributed by atoms with Crippen molar-refractivity contribution in [2.75, 3.05) is 23.8 Å². The van der Waals surface area contributed by atoms with Gasteiger partial charge in [0, 0.05) is 41.5 Å². The van der Waals surface area contributed by atoms with Crippen LogP contribution in [0.5, 0.6) is 23.0 Å². The van der Waals surface area contributed by atoms with E-state index in [0.717, 1.165) is 6.07 Å². The van der Waals surface area contributed by atoms with Crippen LogP contribution in [-0.2, 0) is 14.4 Å². The molecule has 1 heterocycles. The van der Waals surface area contributed by atoms with Gasteiger partial charge in [-0.25, -0.2) is 8.78 Å². The number of hydrogen-bond donors (Lipinski definition) is 3. The monoisotopic (exact) mass is 657 g/mol. The number of aliphatic carboxylic acids is 1. The molecule has 0 saturated heterocycles. The Labute approximate surface area is 293 Å². The van der Waals surface area contributed by atoms with E-state index in [0.29, 0.717) is 79.2 Å². The van der Waals surface area contributed by atoms with Gasteiger partial charge in [-0.2, -0.15) is 0 Å². The molecule has 13 heteroatoms. The van der Waals surface area contributed by atoms with Gasteiger partial charge in [0.25, 0.3) is 0 Å². The molecule has 1 aromatic heterocycles. The first-order valence-corrected chi connectivity index (χ1v) is 14.9. The zero-order valence-corrected chi connectivity index (χ0v) is 28.1. The molecule has 0 unspecified atom stereocenters. The Kier molecular flexibility index (Phi) is 12.1. The summed E-state index contributed by atoms with van der Waals surface area (Å²) in [6.07, 6.45) is 4.24. The molecular weight excluding hydrogens is 623 g/mol. The second-order valence-electron chi connectivity index (χ2n) is 10.9. The molecule has 1 aliphatic carbocycles. The van der Waals surface area contributed by atoms with E-state index in [9.17, 15) is 18.8 Å². The maximum Gasteiger partial charge on any atom is 1.00 e. The van der Waals surface area contributed by atoms with Crippen molar-refractivity contribution >= 4 is 40.1 Å². The second kappa shape index (κ2) is 16.0. The summed E-state index contributed by atoms with van der Waals surface area (Å²) in [4.78, 5) is 41.0. The number of benzene rings is 3. The number of ether oxygens (including phenoxy) is 3. The van der Waals surface area contributed by atoms with Gasteiger partial charge in [0.05, 0.1) is 18.7 Å². The van der Waals surface area contributed by atoms with Gasteiger partial charge in [-0.3, -0.25) is 19.4 Å². The van der Waals surface area contributed by atoms with E-state index < -0.39 is 34.8 Å². The van der Waals surface area contributed by atoms with Gasteiger partial charge in [0.2, 0.25) is 11.8 Å². The fraction of sp³-hybridized carbons (Fsp3) is 0.294. The average molecular weight is 658 g/mol. The molecule has 0 radical (unpaired) electrons. The number of carbonyl (C=O) groups is 3. The summed E-state index contributed by atoms with van der Waals surface area (Å²) in [5, 5.41) is 14.6. The minimum Gasteiger partial charge on any atom is -1.00 e. The van der Waals surface area contributed by atoms with E-state index in [1.807, 2.05) is 6.92 Å². The van der Waals surface area contributed by atoms with E-state index >= 15 is 4.39 Å². The first-order valence-electron chi connectivity index (χ1n) is 14.9. The number of nitrogens with one attached hydrogen (secondary N) is 2. The number of carboxylic acids is 1. The van der Waals surface area contributed by atoms with Gasteiger partial charge in [-0.05, 0) is 87.6 Å². The zero-order valence-electron chi connectivity index (χ0n) is 27.1. The maximum absolute atomic E-state index is 15.2. The number of carboxylic acid groups (broad SMARTS) is 1. The van der Waals surface area contributed by atoms with Crippen LogP contribution in [0.4, 0.5) is 20.2 Å². The van der Waals surface area contributed by atoms with Crippen molar-refractivity contribution in [3.05, 3.63) is 78.5 Å². The van der Waals surface area contributed by atoms with E-state index in [1.54, 1.807) is 18.2 Å². The van der Waals surface area contributed by atoms with Crippen molar-refractivity contribution < 1.29 is 73.5 Å².